The average Bonchev–Trinajstić information content (AvgIpc) is 3.34. The van der Waals surface area contributed by atoms with Crippen molar-refractivity contribution in [2.75, 3.05) is 11.9 Å². The number of benzene rings is 4. The molecule has 0 saturated heterocycles. The topological polar surface area (TPSA) is 106 Å². The van der Waals surface area contributed by atoms with Gasteiger partial charge < -0.3 is 14.8 Å². The van der Waals surface area contributed by atoms with E-state index in [1.54, 1.807) is 49.4 Å². The zero-order valence-corrected chi connectivity index (χ0v) is 26.9. The van der Waals surface area contributed by atoms with Crippen molar-refractivity contribution >= 4 is 85.9 Å². The van der Waals surface area contributed by atoms with Crippen molar-refractivity contribution in [3.63, 3.8) is 0 Å². The highest BCUT2D eigenvalue weighted by atomic mass is 35.5. The van der Waals surface area contributed by atoms with Crippen molar-refractivity contribution < 1.29 is 23.9 Å². The molecule has 5 aromatic rings. The van der Waals surface area contributed by atoms with Gasteiger partial charge in [-0.3, -0.25) is 9.59 Å². The van der Waals surface area contributed by atoms with E-state index in [0.29, 0.717) is 44.1 Å². The summed E-state index contributed by atoms with van der Waals surface area (Å²) >= 11 is 19.8. The summed E-state index contributed by atoms with van der Waals surface area (Å²) < 4.78 is 12.1. The van der Waals surface area contributed by atoms with E-state index in [1.807, 2.05) is 25.1 Å². The van der Waals surface area contributed by atoms with Gasteiger partial charge in [0, 0.05) is 26.4 Å². The van der Waals surface area contributed by atoms with E-state index in [2.05, 4.69) is 15.8 Å². The third-order valence-corrected chi connectivity index (χ3v) is 8.60. The lowest BCUT2D eigenvalue weighted by Crippen LogP contribution is -2.17. The Bertz CT molecular complexity index is 1960. The molecule has 0 atom stereocenters. The van der Waals surface area contributed by atoms with E-state index in [0.717, 1.165) is 15.6 Å². The molecule has 0 fully saturated rings. The smallest absolute Gasteiger partial charge is 0.345 e. The van der Waals surface area contributed by atoms with Crippen LogP contribution in [0.5, 0.6) is 11.5 Å². The van der Waals surface area contributed by atoms with E-state index in [9.17, 15) is 14.4 Å². The van der Waals surface area contributed by atoms with E-state index in [1.165, 1.54) is 35.8 Å². The molecular weight excluding hydrogens is 657 g/mol. The predicted molar refractivity (Wildman–Crippen MR) is 180 cm³/mol. The molecule has 0 unspecified atom stereocenters. The summed E-state index contributed by atoms with van der Waals surface area (Å²) in [6.45, 7) is 4.09. The van der Waals surface area contributed by atoms with Crippen LogP contribution >= 0.6 is 46.1 Å². The number of aryl methyl sites for hydroxylation is 1. The predicted octanol–water partition coefficient (Wildman–Crippen LogP) is 8.80. The van der Waals surface area contributed by atoms with Crippen LogP contribution in [0.2, 0.25) is 15.1 Å². The largest absolute Gasteiger partial charge is 0.490 e. The third-order valence-electron chi connectivity index (χ3n) is 6.40. The molecule has 0 spiro atoms. The van der Waals surface area contributed by atoms with Crippen LogP contribution in [0.25, 0.3) is 10.1 Å². The number of rotatable bonds is 9. The lowest BCUT2D eigenvalue weighted by atomic mass is 10.2. The summed E-state index contributed by atoms with van der Waals surface area (Å²) in [7, 11) is 0. The number of fused-ring (bicyclic) bond motifs is 1. The molecule has 12 heteroatoms. The Labute approximate surface area is 277 Å². The quantitative estimate of drug-likeness (QED) is 0.0701. The number of hydrogen-bond acceptors (Lipinski definition) is 7. The molecule has 2 N–H and O–H groups in total. The van der Waals surface area contributed by atoms with Crippen LogP contribution in [0.4, 0.5) is 5.69 Å². The molecule has 0 aliphatic heterocycles. The van der Waals surface area contributed by atoms with Crippen molar-refractivity contribution in [3.8, 4) is 11.5 Å². The SMILES string of the molecule is CCOc1cc(/C=N\NC(=O)c2ccc(NC(=O)c3sc4cc(C)ccc4c3Cl)cc2)ccc1OC(=O)c1ccc(Cl)cc1Cl. The molecule has 1 aromatic heterocycles. The number of anilines is 1. The number of ether oxygens (including phenoxy) is 2. The second-order valence-electron chi connectivity index (χ2n) is 9.63. The van der Waals surface area contributed by atoms with Gasteiger partial charge in [0.25, 0.3) is 11.8 Å². The normalized spacial score (nSPS) is 11.0. The van der Waals surface area contributed by atoms with Gasteiger partial charge >= 0.3 is 5.97 Å². The first-order valence-corrected chi connectivity index (χ1v) is 15.5. The van der Waals surface area contributed by atoms with Gasteiger partial charge in [0.15, 0.2) is 11.5 Å². The Morgan fingerprint density at radius 3 is 2.40 bits per heavy atom. The first-order valence-electron chi connectivity index (χ1n) is 13.5. The molecule has 0 aliphatic carbocycles. The second-order valence-corrected chi connectivity index (χ2v) is 11.9. The molecular formula is C33H24Cl3N3O5S. The van der Waals surface area contributed by atoms with Gasteiger partial charge in [-0.15, -0.1) is 11.3 Å². The maximum Gasteiger partial charge on any atom is 0.345 e. The molecule has 45 heavy (non-hydrogen) atoms. The van der Waals surface area contributed by atoms with Crippen molar-refractivity contribution in [1.82, 2.24) is 5.43 Å². The van der Waals surface area contributed by atoms with Crippen molar-refractivity contribution in [2.24, 2.45) is 5.10 Å². The van der Waals surface area contributed by atoms with Crippen molar-refractivity contribution in [1.29, 1.82) is 0 Å². The Kier molecular flexibility index (Phi) is 10.0. The van der Waals surface area contributed by atoms with Gasteiger partial charge in [0.05, 0.1) is 28.4 Å². The van der Waals surface area contributed by atoms with Gasteiger partial charge in [-0.25, -0.2) is 10.2 Å². The monoisotopic (exact) mass is 679 g/mol. The van der Waals surface area contributed by atoms with Crippen LogP contribution in [-0.2, 0) is 0 Å². The van der Waals surface area contributed by atoms with E-state index in [-0.39, 0.29) is 22.2 Å². The van der Waals surface area contributed by atoms with Gasteiger partial charge in [-0.1, -0.05) is 46.9 Å². The van der Waals surface area contributed by atoms with E-state index >= 15 is 0 Å². The standard InChI is InChI=1S/C33H24Cl3N3O5S/c1-3-43-27-15-19(5-13-26(27)44-33(42)23-12-8-21(34)16-25(23)35)17-37-39-31(40)20-6-9-22(10-7-20)38-32(41)30-29(36)24-11-4-18(2)14-28(24)45-30/h4-17H,3H2,1-2H3,(H,38,41)(H,39,40)/b37-17-. The molecule has 0 radical (unpaired) electrons. The summed E-state index contributed by atoms with van der Waals surface area (Å²) in [5.41, 5.74) is 5.12. The van der Waals surface area contributed by atoms with Crippen LogP contribution in [-0.4, -0.2) is 30.6 Å². The molecule has 4 aromatic carbocycles. The lowest BCUT2D eigenvalue weighted by Gasteiger charge is -2.12. The number of hydrogen-bond donors (Lipinski definition) is 2. The number of hydrazone groups is 1. The molecule has 1 heterocycles. The number of amides is 2. The fraction of sp³-hybridized carbons (Fsp3) is 0.0909. The fourth-order valence-electron chi connectivity index (χ4n) is 4.21. The molecule has 8 nitrogen and oxygen atoms in total. The summed E-state index contributed by atoms with van der Waals surface area (Å²) in [4.78, 5) is 38.6. The number of thiophene rings is 1. The second kappa shape index (κ2) is 14.1. The first kappa shape index (κ1) is 32.0. The number of nitrogens with zero attached hydrogens (tertiary/aromatic N) is 1. The Morgan fingerprint density at radius 2 is 1.67 bits per heavy atom. The number of esters is 1. The van der Waals surface area contributed by atoms with Gasteiger partial charge in [-0.05, 0) is 91.7 Å². The van der Waals surface area contributed by atoms with Gasteiger partial charge in [-0.2, -0.15) is 5.10 Å². The van der Waals surface area contributed by atoms with E-state index in [4.69, 9.17) is 44.3 Å². The highest BCUT2D eigenvalue weighted by Crippen LogP contribution is 2.36. The fourth-order valence-corrected chi connectivity index (χ4v) is 6.20. The lowest BCUT2D eigenvalue weighted by molar-refractivity contribution is 0.0728. The molecule has 2 amide bonds. The van der Waals surface area contributed by atoms with Crippen LogP contribution in [0, 0.1) is 6.92 Å². The summed E-state index contributed by atoms with van der Waals surface area (Å²) in [6, 6.07) is 21.5. The zero-order chi connectivity index (χ0) is 32.1. The van der Waals surface area contributed by atoms with Crippen LogP contribution < -0.4 is 20.2 Å². The average molecular weight is 681 g/mol. The first-order chi connectivity index (χ1) is 21.6. The van der Waals surface area contributed by atoms with Crippen LogP contribution in [0.1, 0.15) is 48.4 Å². The van der Waals surface area contributed by atoms with Crippen molar-refractivity contribution in [3.05, 3.63) is 121 Å². The molecule has 5 rings (SSSR count). The van der Waals surface area contributed by atoms with Crippen LogP contribution in [0.15, 0.2) is 84.0 Å². The number of carbonyl (C=O) groups excluding carboxylic acids is 3. The summed E-state index contributed by atoms with van der Waals surface area (Å²) in [5, 5.41) is 8.65. The van der Waals surface area contributed by atoms with Gasteiger partial charge in [0.2, 0.25) is 0 Å². The van der Waals surface area contributed by atoms with Crippen molar-refractivity contribution in [2.45, 2.75) is 13.8 Å². The minimum Gasteiger partial charge on any atom is -0.490 e. The Morgan fingerprint density at radius 1 is 0.889 bits per heavy atom. The minimum absolute atomic E-state index is 0.155. The van der Waals surface area contributed by atoms with E-state index < -0.39 is 11.9 Å². The maximum atomic E-state index is 12.9. The Hall–Kier alpha value is -4.41. The molecule has 0 saturated carbocycles. The summed E-state index contributed by atoms with van der Waals surface area (Å²) in [5.74, 6) is -0.971. The number of halogens is 3. The molecule has 228 valence electrons. The third kappa shape index (κ3) is 7.64. The van der Waals surface area contributed by atoms with Crippen LogP contribution in [0.3, 0.4) is 0 Å². The molecule has 0 bridgehead atoms. The minimum atomic E-state index is -0.671. The zero-order valence-electron chi connectivity index (χ0n) is 23.8. The Balaban J connectivity index is 1.20. The maximum absolute atomic E-state index is 12.9. The highest BCUT2D eigenvalue weighted by Gasteiger charge is 2.18. The van der Waals surface area contributed by atoms with Gasteiger partial charge in [0.1, 0.15) is 4.88 Å². The highest BCUT2D eigenvalue weighted by molar-refractivity contribution is 7.21. The molecule has 0 aliphatic rings. The number of carbonyl (C=O) groups is 3. The summed E-state index contributed by atoms with van der Waals surface area (Å²) in [6.07, 6.45) is 1.42. The number of nitrogens with one attached hydrogen (secondary N) is 2.